The summed E-state index contributed by atoms with van der Waals surface area (Å²) in [6, 6.07) is 22.9. The molecule has 174 valence electrons. The number of aromatic nitrogens is 2. The monoisotopic (exact) mass is 458 g/mol. The van der Waals surface area contributed by atoms with Crippen molar-refractivity contribution >= 4 is 23.1 Å². The van der Waals surface area contributed by atoms with E-state index in [-0.39, 0.29) is 0 Å². The Kier molecular flexibility index (Phi) is 7.29. The standard InChI is InChI=1S/C26H26N4O4/c1-31-21-11-7-10-19(14-21)28-24-12-13-27-26(30-24)29-20-15-22(32-2)25(33-3)23(16-20)34-17-18-8-5-4-6-9-18/h4-16H,17H2,1-3H3,(H2,27,28,29,30). The van der Waals surface area contributed by atoms with Crippen LogP contribution in [-0.2, 0) is 6.61 Å². The fraction of sp³-hybridized carbons (Fsp3) is 0.154. The SMILES string of the molecule is COc1cccc(Nc2ccnc(Nc3cc(OC)c(OC)c(OCc4ccccc4)c3)n2)c1. The second-order valence-corrected chi connectivity index (χ2v) is 7.23. The van der Waals surface area contributed by atoms with Crippen molar-refractivity contribution in [2.75, 3.05) is 32.0 Å². The molecule has 4 aromatic rings. The third-order valence-electron chi connectivity index (χ3n) is 4.94. The summed E-state index contributed by atoms with van der Waals surface area (Å²) in [6.45, 7) is 0.389. The lowest BCUT2D eigenvalue weighted by atomic mass is 10.2. The van der Waals surface area contributed by atoms with Gasteiger partial charge >= 0.3 is 0 Å². The minimum absolute atomic E-state index is 0.389. The second-order valence-electron chi connectivity index (χ2n) is 7.23. The number of hydrogen-bond donors (Lipinski definition) is 2. The van der Waals surface area contributed by atoms with Crippen LogP contribution in [0.25, 0.3) is 0 Å². The van der Waals surface area contributed by atoms with Gasteiger partial charge in [0.15, 0.2) is 11.5 Å². The predicted octanol–water partition coefficient (Wildman–Crippen LogP) is 5.57. The molecule has 0 amide bonds. The van der Waals surface area contributed by atoms with Crippen LogP contribution in [0.2, 0.25) is 0 Å². The van der Waals surface area contributed by atoms with E-state index in [0.29, 0.717) is 41.3 Å². The summed E-state index contributed by atoms with van der Waals surface area (Å²) in [6.07, 6.45) is 1.67. The largest absolute Gasteiger partial charge is 0.497 e. The van der Waals surface area contributed by atoms with Gasteiger partial charge in [0.05, 0.1) is 21.3 Å². The molecule has 3 aromatic carbocycles. The minimum atomic E-state index is 0.389. The highest BCUT2D eigenvalue weighted by Crippen LogP contribution is 2.41. The maximum Gasteiger partial charge on any atom is 0.229 e. The van der Waals surface area contributed by atoms with Crippen LogP contribution in [0.4, 0.5) is 23.1 Å². The number of ether oxygens (including phenoxy) is 4. The van der Waals surface area contributed by atoms with Gasteiger partial charge in [-0.15, -0.1) is 0 Å². The summed E-state index contributed by atoms with van der Waals surface area (Å²) in [7, 11) is 4.79. The molecule has 2 N–H and O–H groups in total. The molecule has 1 aromatic heterocycles. The van der Waals surface area contributed by atoms with E-state index in [4.69, 9.17) is 18.9 Å². The third-order valence-corrected chi connectivity index (χ3v) is 4.94. The highest BCUT2D eigenvalue weighted by atomic mass is 16.5. The van der Waals surface area contributed by atoms with E-state index >= 15 is 0 Å². The predicted molar refractivity (Wildman–Crippen MR) is 132 cm³/mol. The van der Waals surface area contributed by atoms with E-state index in [1.54, 1.807) is 39.7 Å². The van der Waals surface area contributed by atoms with Gasteiger partial charge in [0, 0.05) is 35.8 Å². The number of hydrogen-bond acceptors (Lipinski definition) is 8. The molecule has 0 saturated carbocycles. The van der Waals surface area contributed by atoms with Gasteiger partial charge in [-0.2, -0.15) is 4.98 Å². The Morgan fingerprint density at radius 2 is 1.56 bits per heavy atom. The summed E-state index contributed by atoms with van der Waals surface area (Å²) in [4.78, 5) is 8.88. The zero-order valence-electron chi connectivity index (χ0n) is 19.2. The van der Waals surface area contributed by atoms with Crippen LogP contribution in [0, 0.1) is 0 Å². The van der Waals surface area contributed by atoms with Crippen LogP contribution in [0.15, 0.2) is 79.0 Å². The first-order chi connectivity index (χ1) is 16.7. The Morgan fingerprint density at radius 1 is 0.735 bits per heavy atom. The van der Waals surface area contributed by atoms with Crippen molar-refractivity contribution in [2.24, 2.45) is 0 Å². The van der Waals surface area contributed by atoms with Gasteiger partial charge in [-0.05, 0) is 23.8 Å². The van der Waals surface area contributed by atoms with Crippen molar-refractivity contribution in [1.82, 2.24) is 9.97 Å². The van der Waals surface area contributed by atoms with Gasteiger partial charge in [0.1, 0.15) is 18.2 Å². The van der Waals surface area contributed by atoms with Crippen molar-refractivity contribution in [1.29, 1.82) is 0 Å². The number of benzene rings is 3. The van der Waals surface area contributed by atoms with Crippen LogP contribution in [0.5, 0.6) is 23.0 Å². The van der Waals surface area contributed by atoms with Crippen LogP contribution in [-0.4, -0.2) is 31.3 Å². The molecule has 0 bridgehead atoms. The van der Waals surface area contributed by atoms with Gasteiger partial charge < -0.3 is 29.6 Å². The molecule has 8 heteroatoms. The molecule has 0 saturated heterocycles. The Morgan fingerprint density at radius 3 is 2.32 bits per heavy atom. The van der Waals surface area contributed by atoms with Crippen LogP contribution in [0.3, 0.4) is 0 Å². The highest BCUT2D eigenvalue weighted by molar-refractivity contribution is 5.66. The molecule has 0 aliphatic rings. The average molecular weight is 459 g/mol. The fourth-order valence-electron chi connectivity index (χ4n) is 3.31. The molecule has 8 nitrogen and oxygen atoms in total. The number of nitrogens with zero attached hydrogens (tertiary/aromatic N) is 2. The van der Waals surface area contributed by atoms with Crippen LogP contribution >= 0.6 is 0 Å². The second kappa shape index (κ2) is 10.9. The molecule has 4 rings (SSSR count). The Hall–Kier alpha value is -4.46. The van der Waals surface area contributed by atoms with Crippen molar-refractivity contribution in [3.63, 3.8) is 0 Å². The summed E-state index contributed by atoms with van der Waals surface area (Å²) in [5.41, 5.74) is 2.59. The zero-order chi connectivity index (χ0) is 23.8. The summed E-state index contributed by atoms with van der Waals surface area (Å²) in [5.74, 6) is 3.38. The first-order valence-electron chi connectivity index (χ1n) is 10.6. The van der Waals surface area contributed by atoms with E-state index < -0.39 is 0 Å². The van der Waals surface area contributed by atoms with E-state index in [1.165, 1.54) is 0 Å². The van der Waals surface area contributed by atoms with Crippen LogP contribution in [0.1, 0.15) is 5.56 Å². The van der Waals surface area contributed by atoms with Gasteiger partial charge in [0.2, 0.25) is 11.7 Å². The van der Waals surface area contributed by atoms with E-state index in [1.807, 2.05) is 60.7 Å². The normalized spacial score (nSPS) is 10.3. The lowest BCUT2D eigenvalue weighted by molar-refractivity contribution is 0.276. The lowest BCUT2D eigenvalue weighted by Crippen LogP contribution is -2.03. The van der Waals surface area contributed by atoms with Gasteiger partial charge in [0.25, 0.3) is 0 Å². The molecule has 0 spiro atoms. The molecule has 0 atom stereocenters. The number of rotatable bonds is 10. The van der Waals surface area contributed by atoms with E-state index in [0.717, 1.165) is 17.0 Å². The lowest BCUT2D eigenvalue weighted by Gasteiger charge is -2.16. The number of nitrogens with one attached hydrogen (secondary N) is 2. The minimum Gasteiger partial charge on any atom is -0.497 e. The first kappa shape index (κ1) is 22.7. The Balaban J connectivity index is 1.55. The van der Waals surface area contributed by atoms with Crippen molar-refractivity contribution in [3.8, 4) is 23.0 Å². The summed E-state index contributed by atoms with van der Waals surface area (Å²) >= 11 is 0. The first-order valence-corrected chi connectivity index (χ1v) is 10.6. The molecular weight excluding hydrogens is 432 g/mol. The average Bonchev–Trinajstić information content (AvgIpc) is 2.88. The molecular formula is C26H26N4O4. The van der Waals surface area contributed by atoms with Gasteiger partial charge in [-0.25, -0.2) is 4.98 Å². The quantitative estimate of drug-likeness (QED) is 0.319. The van der Waals surface area contributed by atoms with E-state index in [9.17, 15) is 0 Å². The maximum absolute atomic E-state index is 6.05. The highest BCUT2D eigenvalue weighted by Gasteiger charge is 2.15. The van der Waals surface area contributed by atoms with Crippen molar-refractivity contribution in [3.05, 3.63) is 84.6 Å². The van der Waals surface area contributed by atoms with E-state index in [2.05, 4.69) is 20.6 Å². The summed E-state index contributed by atoms with van der Waals surface area (Å²) in [5, 5.41) is 6.47. The number of anilines is 4. The van der Waals surface area contributed by atoms with Gasteiger partial charge in [-0.1, -0.05) is 36.4 Å². The maximum atomic E-state index is 6.05. The molecule has 0 aliphatic heterocycles. The smallest absolute Gasteiger partial charge is 0.229 e. The Bertz CT molecular complexity index is 1230. The summed E-state index contributed by atoms with van der Waals surface area (Å²) < 4.78 is 22.4. The number of methoxy groups -OCH3 is 3. The zero-order valence-corrected chi connectivity index (χ0v) is 19.2. The molecule has 0 aliphatic carbocycles. The fourth-order valence-corrected chi connectivity index (χ4v) is 3.31. The van der Waals surface area contributed by atoms with Crippen LogP contribution < -0.4 is 29.6 Å². The third kappa shape index (κ3) is 5.66. The molecule has 0 fully saturated rings. The molecule has 0 unspecified atom stereocenters. The molecule has 0 radical (unpaired) electrons. The van der Waals surface area contributed by atoms with Crippen molar-refractivity contribution < 1.29 is 18.9 Å². The molecule has 1 heterocycles. The van der Waals surface area contributed by atoms with Crippen molar-refractivity contribution in [2.45, 2.75) is 6.61 Å². The van der Waals surface area contributed by atoms with Gasteiger partial charge in [-0.3, -0.25) is 0 Å². The molecule has 34 heavy (non-hydrogen) atoms. The topological polar surface area (TPSA) is 86.8 Å². The Labute approximate surface area is 198 Å².